The first kappa shape index (κ1) is 15.8. The van der Waals surface area contributed by atoms with Crippen LogP contribution in [0, 0.1) is 0 Å². The molecule has 0 rings (SSSR count). The van der Waals surface area contributed by atoms with Crippen LogP contribution in [0.5, 0.6) is 0 Å². The van der Waals surface area contributed by atoms with Crippen LogP contribution in [0.2, 0.25) is 0 Å². The van der Waals surface area contributed by atoms with Crippen molar-refractivity contribution in [3.63, 3.8) is 0 Å². The number of rotatable bonds is 11. The van der Waals surface area contributed by atoms with Crippen LogP contribution in [-0.2, 0) is 4.79 Å². The molecule has 0 aromatic rings. The van der Waals surface area contributed by atoms with E-state index >= 15 is 0 Å². The molecular weight excluding hydrogens is 216 g/mol. The van der Waals surface area contributed by atoms with E-state index < -0.39 is 12.0 Å². The minimum atomic E-state index is -0.920. The van der Waals surface area contributed by atoms with Crippen LogP contribution in [0.15, 0.2) is 22.9 Å². The quantitative estimate of drug-likeness (QED) is 0.339. The smallest absolute Gasteiger partial charge is 0.330 e. The van der Waals surface area contributed by atoms with Crippen molar-refractivity contribution >= 4 is 5.97 Å². The minimum Gasteiger partial charge on any atom is -0.480 e. The SMILES string of the molecule is C=CCCCCCCCCN=NC(C)C(=O)O. The number of unbranched alkanes of at least 4 members (excludes halogenated alkanes) is 6. The predicted molar refractivity (Wildman–Crippen MR) is 69.3 cm³/mol. The summed E-state index contributed by atoms with van der Waals surface area (Å²) in [6.45, 7) is 5.87. The Morgan fingerprint density at radius 1 is 1.24 bits per heavy atom. The second-order valence-electron chi connectivity index (χ2n) is 4.19. The average molecular weight is 240 g/mol. The van der Waals surface area contributed by atoms with E-state index in [2.05, 4.69) is 16.8 Å². The molecule has 0 saturated heterocycles. The summed E-state index contributed by atoms with van der Waals surface area (Å²) in [6, 6.07) is -0.714. The van der Waals surface area contributed by atoms with Crippen molar-refractivity contribution < 1.29 is 9.90 Å². The van der Waals surface area contributed by atoms with Gasteiger partial charge in [0.05, 0.1) is 6.54 Å². The van der Waals surface area contributed by atoms with Crippen molar-refractivity contribution in [2.45, 2.75) is 57.9 Å². The van der Waals surface area contributed by atoms with Crippen molar-refractivity contribution in [2.75, 3.05) is 6.54 Å². The highest BCUT2D eigenvalue weighted by atomic mass is 16.4. The van der Waals surface area contributed by atoms with Gasteiger partial charge in [-0.2, -0.15) is 10.2 Å². The third-order valence-electron chi connectivity index (χ3n) is 2.53. The van der Waals surface area contributed by atoms with E-state index in [-0.39, 0.29) is 0 Å². The summed E-state index contributed by atoms with van der Waals surface area (Å²) >= 11 is 0. The molecular formula is C13H24N2O2. The van der Waals surface area contributed by atoms with Gasteiger partial charge in [-0.15, -0.1) is 6.58 Å². The highest BCUT2D eigenvalue weighted by molar-refractivity contribution is 5.72. The summed E-state index contributed by atoms with van der Waals surface area (Å²) < 4.78 is 0. The van der Waals surface area contributed by atoms with Crippen LogP contribution in [-0.4, -0.2) is 23.7 Å². The summed E-state index contributed by atoms with van der Waals surface area (Å²) in [5.41, 5.74) is 0. The number of aliphatic carboxylic acids is 1. The number of carbonyl (C=O) groups is 1. The van der Waals surface area contributed by atoms with E-state index in [9.17, 15) is 4.79 Å². The van der Waals surface area contributed by atoms with E-state index in [1.165, 1.54) is 32.6 Å². The average Bonchev–Trinajstić information content (AvgIpc) is 2.31. The molecule has 0 amide bonds. The van der Waals surface area contributed by atoms with Gasteiger partial charge in [0.2, 0.25) is 0 Å². The Bertz CT molecular complexity index is 240. The van der Waals surface area contributed by atoms with Gasteiger partial charge < -0.3 is 5.11 Å². The molecule has 1 unspecified atom stereocenters. The normalized spacial score (nSPS) is 12.8. The second-order valence-corrected chi connectivity index (χ2v) is 4.19. The predicted octanol–water partition coefficient (Wildman–Crippen LogP) is 3.83. The zero-order valence-electron chi connectivity index (χ0n) is 10.8. The number of hydrogen-bond donors (Lipinski definition) is 1. The number of hydrogen-bond acceptors (Lipinski definition) is 3. The van der Waals surface area contributed by atoms with E-state index in [0.29, 0.717) is 6.54 Å². The zero-order valence-corrected chi connectivity index (χ0v) is 10.8. The first-order chi connectivity index (χ1) is 8.18. The highest BCUT2D eigenvalue weighted by Crippen LogP contribution is 2.07. The van der Waals surface area contributed by atoms with Gasteiger partial charge in [-0.3, -0.25) is 0 Å². The molecule has 0 aromatic heterocycles. The Morgan fingerprint density at radius 3 is 2.41 bits per heavy atom. The molecule has 0 aliphatic rings. The molecule has 0 aliphatic heterocycles. The third-order valence-corrected chi connectivity index (χ3v) is 2.53. The number of nitrogens with zero attached hydrogens (tertiary/aromatic N) is 2. The zero-order chi connectivity index (χ0) is 12.9. The van der Waals surface area contributed by atoms with E-state index in [1.807, 2.05) is 6.08 Å². The summed E-state index contributed by atoms with van der Waals surface area (Å²) in [4.78, 5) is 10.4. The van der Waals surface area contributed by atoms with Gasteiger partial charge in [-0.1, -0.05) is 31.8 Å². The molecule has 0 fully saturated rings. The number of azo groups is 1. The number of allylic oxidation sites excluding steroid dienone is 1. The summed E-state index contributed by atoms with van der Waals surface area (Å²) in [7, 11) is 0. The molecule has 0 saturated carbocycles. The van der Waals surface area contributed by atoms with Crippen molar-refractivity contribution in [3.05, 3.63) is 12.7 Å². The molecule has 0 aliphatic carbocycles. The van der Waals surface area contributed by atoms with Crippen LogP contribution >= 0.6 is 0 Å². The van der Waals surface area contributed by atoms with Gasteiger partial charge in [0.1, 0.15) is 0 Å². The molecule has 0 heterocycles. The standard InChI is InChI=1S/C13H24N2O2/c1-3-4-5-6-7-8-9-10-11-14-15-12(2)13(16)17/h3,12H,1,4-11H2,2H3,(H,16,17). The Labute approximate surface area is 104 Å². The summed E-state index contributed by atoms with van der Waals surface area (Å²) in [5, 5.41) is 16.1. The maximum Gasteiger partial charge on any atom is 0.330 e. The van der Waals surface area contributed by atoms with Gasteiger partial charge in [-0.05, 0) is 26.2 Å². The molecule has 1 atom stereocenters. The fraction of sp³-hybridized carbons (Fsp3) is 0.769. The van der Waals surface area contributed by atoms with E-state index in [1.54, 1.807) is 0 Å². The lowest BCUT2D eigenvalue weighted by Crippen LogP contribution is -2.12. The minimum absolute atomic E-state index is 0.643. The molecule has 4 nitrogen and oxygen atoms in total. The van der Waals surface area contributed by atoms with Crippen molar-refractivity contribution in [2.24, 2.45) is 10.2 Å². The van der Waals surface area contributed by atoms with Gasteiger partial charge in [0, 0.05) is 0 Å². The van der Waals surface area contributed by atoms with Crippen molar-refractivity contribution in [1.82, 2.24) is 0 Å². The largest absolute Gasteiger partial charge is 0.480 e. The molecule has 0 radical (unpaired) electrons. The second kappa shape index (κ2) is 11.3. The van der Waals surface area contributed by atoms with Crippen LogP contribution in [0.3, 0.4) is 0 Å². The fourth-order valence-electron chi connectivity index (χ4n) is 1.41. The monoisotopic (exact) mass is 240 g/mol. The maximum absolute atomic E-state index is 10.4. The maximum atomic E-state index is 10.4. The number of carboxylic acids is 1. The molecule has 17 heavy (non-hydrogen) atoms. The molecule has 0 bridgehead atoms. The topological polar surface area (TPSA) is 62.0 Å². The Balaban J connectivity index is 3.23. The third kappa shape index (κ3) is 11.1. The molecule has 98 valence electrons. The van der Waals surface area contributed by atoms with Gasteiger partial charge in [-0.25, -0.2) is 4.79 Å². The number of carboxylic acid groups (broad SMARTS) is 1. The highest BCUT2D eigenvalue weighted by Gasteiger charge is 2.07. The fourth-order valence-corrected chi connectivity index (χ4v) is 1.41. The van der Waals surface area contributed by atoms with Crippen LogP contribution in [0.1, 0.15) is 51.9 Å². The molecule has 0 spiro atoms. The van der Waals surface area contributed by atoms with Gasteiger partial charge in [0.15, 0.2) is 6.04 Å². The van der Waals surface area contributed by atoms with Crippen LogP contribution < -0.4 is 0 Å². The molecule has 1 N–H and O–H groups in total. The van der Waals surface area contributed by atoms with Gasteiger partial charge in [0.25, 0.3) is 0 Å². The lowest BCUT2D eigenvalue weighted by Gasteiger charge is -1.99. The Hall–Kier alpha value is -1.19. The summed E-state index contributed by atoms with van der Waals surface area (Å²) in [5.74, 6) is -0.920. The lowest BCUT2D eigenvalue weighted by molar-refractivity contribution is -0.138. The lowest BCUT2D eigenvalue weighted by atomic mass is 10.1. The van der Waals surface area contributed by atoms with Crippen LogP contribution in [0.25, 0.3) is 0 Å². The molecule has 0 aromatic carbocycles. The Kier molecular flexibility index (Phi) is 10.5. The summed E-state index contributed by atoms with van der Waals surface area (Å²) in [6.07, 6.45) is 10.2. The first-order valence-electron chi connectivity index (χ1n) is 6.38. The molecule has 4 heteroatoms. The van der Waals surface area contributed by atoms with E-state index in [4.69, 9.17) is 5.11 Å². The van der Waals surface area contributed by atoms with Crippen molar-refractivity contribution in [1.29, 1.82) is 0 Å². The first-order valence-corrected chi connectivity index (χ1v) is 6.38. The van der Waals surface area contributed by atoms with Crippen LogP contribution in [0.4, 0.5) is 0 Å². The van der Waals surface area contributed by atoms with E-state index in [0.717, 1.165) is 19.3 Å². The Morgan fingerprint density at radius 2 is 1.82 bits per heavy atom. The van der Waals surface area contributed by atoms with Gasteiger partial charge >= 0.3 is 5.97 Å². The van der Waals surface area contributed by atoms with Crippen molar-refractivity contribution in [3.8, 4) is 0 Å².